The molecule has 1 amide bonds. The van der Waals surface area contributed by atoms with Crippen LogP contribution in [0.25, 0.3) is 0 Å². The van der Waals surface area contributed by atoms with Gasteiger partial charge in [0.05, 0.1) is 30.1 Å². The molecule has 7 nitrogen and oxygen atoms in total. The topological polar surface area (TPSA) is 63.7 Å². The second kappa shape index (κ2) is 8.44. The summed E-state index contributed by atoms with van der Waals surface area (Å²) in [5.74, 6) is 1.79. The quantitative estimate of drug-likeness (QED) is 0.619. The highest BCUT2D eigenvalue weighted by Gasteiger charge is 2.24. The molecule has 1 aliphatic rings. The fourth-order valence-corrected chi connectivity index (χ4v) is 3.81. The molecule has 3 aromatic rings. The summed E-state index contributed by atoms with van der Waals surface area (Å²) in [6.45, 7) is 7.07. The molecule has 1 aliphatic heterocycles. The maximum atomic E-state index is 12.9. The average Bonchev–Trinajstić information content (AvgIpc) is 3.34. The second-order valence-electron chi connectivity index (χ2n) is 7.39. The molecule has 0 atom stereocenters. The monoisotopic (exact) mass is 428 g/mol. The minimum absolute atomic E-state index is 0.0815. The van der Waals surface area contributed by atoms with Gasteiger partial charge in [-0.05, 0) is 50.2 Å². The van der Waals surface area contributed by atoms with Crippen LogP contribution in [-0.2, 0) is 6.54 Å². The van der Waals surface area contributed by atoms with Crippen molar-refractivity contribution in [2.45, 2.75) is 20.4 Å². The lowest BCUT2D eigenvalue weighted by Crippen LogP contribution is -2.48. The fraction of sp³-hybridized carbons (Fsp3) is 0.364. The number of hydrogen-bond donors (Lipinski definition) is 0. The summed E-state index contributed by atoms with van der Waals surface area (Å²) in [6.07, 6.45) is 0. The van der Waals surface area contributed by atoms with Gasteiger partial charge in [0.15, 0.2) is 5.76 Å². The van der Waals surface area contributed by atoms with E-state index < -0.39 is 0 Å². The maximum absolute atomic E-state index is 12.9. The number of anilines is 1. The first-order chi connectivity index (χ1) is 14.5. The first kappa shape index (κ1) is 20.3. The number of nitrogens with zero attached hydrogens (tertiary/aromatic N) is 4. The third kappa shape index (κ3) is 4.03. The van der Waals surface area contributed by atoms with Crippen LogP contribution in [0.2, 0.25) is 5.02 Å². The lowest BCUT2D eigenvalue weighted by molar-refractivity contribution is 0.0712. The summed E-state index contributed by atoms with van der Waals surface area (Å²) in [4.78, 5) is 17.0. The highest BCUT2D eigenvalue weighted by Crippen LogP contribution is 2.23. The van der Waals surface area contributed by atoms with Crippen molar-refractivity contribution >= 4 is 23.2 Å². The van der Waals surface area contributed by atoms with Crippen LogP contribution in [-0.4, -0.2) is 53.9 Å². The number of carbonyl (C=O) groups is 1. The predicted molar refractivity (Wildman–Crippen MR) is 116 cm³/mol. The van der Waals surface area contributed by atoms with E-state index in [0.29, 0.717) is 36.2 Å². The Bertz CT molecular complexity index is 1030. The van der Waals surface area contributed by atoms with Crippen LogP contribution in [0.15, 0.2) is 40.8 Å². The molecule has 0 bridgehead atoms. The van der Waals surface area contributed by atoms with E-state index in [9.17, 15) is 4.79 Å². The van der Waals surface area contributed by atoms with E-state index in [0.717, 1.165) is 35.9 Å². The van der Waals surface area contributed by atoms with E-state index in [1.807, 2.05) is 49.1 Å². The van der Waals surface area contributed by atoms with Gasteiger partial charge >= 0.3 is 0 Å². The Hall–Kier alpha value is -2.93. The predicted octanol–water partition coefficient (Wildman–Crippen LogP) is 3.77. The molecule has 2 aromatic heterocycles. The summed E-state index contributed by atoms with van der Waals surface area (Å²) in [5.41, 5.74) is 2.80. The van der Waals surface area contributed by atoms with E-state index in [1.54, 1.807) is 17.9 Å². The van der Waals surface area contributed by atoms with E-state index in [2.05, 4.69) is 10.00 Å². The normalized spacial score (nSPS) is 14.3. The number of hydrogen-bond acceptors (Lipinski definition) is 5. The van der Waals surface area contributed by atoms with E-state index >= 15 is 0 Å². The first-order valence-corrected chi connectivity index (χ1v) is 10.3. The number of carbonyl (C=O) groups excluding carboxylic acids is 1. The molecule has 0 radical (unpaired) electrons. The van der Waals surface area contributed by atoms with Crippen LogP contribution < -0.4 is 9.64 Å². The minimum atomic E-state index is -0.0815. The van der Waals surface area contributed by atoms with Crippen molar-refractivity contribution in [2.75, 3.05) is 38.2 Å². The number of piperazine rings is 1. The summed E-state index contributed by atoms with van der Waals surface area (Å²) in [5, 5.41) is 5.07. The molecule has 1 aromatic carbocycles. The van der Waals surface area contributed by atoms with Gasteiger partial charge in [-0.25, -0.2) is 0 Å². The number of aryl methyl sites for hydroxylation is 1. The molecule has 8 heteroatoms. The second-order valence-corrected chi connectivity index (χ2v) is 7.76. The van der Waals surface area contributed by atoms with Crippen molar-refractivity contribution in [3.05, 3.63) is 64.3 Å². The van der Waals surface area contributed by atoms with Gasteiger partial charge in [-0.15, -0.1) is 0 Å². The van der Waals surface area contributed by atoms with Crippen LogP contribution in [0.4, 0.5) is 5.69 Å². The molecule has 0 aliphatic carbocycles. The number of benzene rings is 1. The highest BCUT2D eigenvalue weighted by molar-refractivity contribution is 6.31. The Balaban J connectivity index is 1.37. The highest BCUT2D eigenvalue weighted by atomic mass is 35.5. The minimum Gasteiger partial charge on any atom is -0.497 e. The zero-order valence-corrected chi connectivity index (χ0v) is 18.1. The Labute approximate surface area is 180 Å². The Morgan fingerprint density at radius 2 is 1.80 bits per heavy atom. The van der Waals surface area contributed by atoms with Crippen molar-refractivity contribution in [3.8, 4) is 5.75 Å². The summed E-state index contributed by atoms with van der Waals surface area (Å²) >= 11 is 6.21. The number of furan rings is 1. The van der Waals surface area contributed by atoms with Crippen LogP contribution in [0.5, 0.6) is 5.75 Å². The van der Waals surface area contributed by atoms with Crippen molar-refractivity contribution in [1.82, 2.24) is 14.7 Å². The number of methoxy groups -OCH3 is 1. The molecule has 1 fully saturated rings. The lowest BCUT2D eigenvalue weighted by atomic mass is 10.2. The third-order valence-electron chi connectivity index (χ3n) is 5.48. The molecule has 0 spiro atoms. The van der Waals surface area contributed by atoms with Gasteiger partial charge in [-0.1, -0.05) is 11.6 Å². The van der Waals surface area contributed by atoms with Crippen LogP contribution in [0.3, 0.4) is 0 Å². The van der Waals surface area contributed by atoms with Gasteiger partial charge in [-0.2, -0.15) is 5.10 Å². The van der Waals surface area contributed by atoms with Gasteiger partial charge in [0.25, 0.3) is 5.91 Å². The average molecular weight is 429 g/mol. The van der Waals surface area contributed by atoms with Gasteiger partial charge in [0.1, 0.15) is 11.5 Å². The molecule has 0 saturated carbocycles. The molecule has 30 heavy (non-hydrogen) atoms. The number of aromatic nitrogens is 2. The fourth-order valence-electron chi connectivity index (χ4n) is 3.67. The maximum Gasteiger partial charge on any atom is 0.289 e. The first-order valence-electron chi connectivity index (χ1n) is 9.92. The molecule has 1 saturated heterocycles. The lowest BCUT2D eigenvalue weighted by Gasteiger charge is -2.35. The van der Waals surface area contributed by atoms with Gasteiger partial charge in [0, 0.05) is 31.9 Å². The van der Waals surface area contributed by atoms with Crippen molar-refractivity contribution in [1.29, 1.82) is 0 Å². The number of amides is 1. The molecule has 4 rings (SSSR count). The smallest absolute Gasteiger partial charge is 0.289 e. The standard InChI is InChI=1S/C22H25ClN4O3/c1-15-21(23)16(2)27(24-15)14-19-8-9-20(30-19)22(28)26-12-10-25(11-13-26)17-4-6-18(29-3)7-5-17/h4-9H,10-14H2,1-3H3. The molecular weight excluding hydrogens is 404 g/mol. The molecule has 0 N–H and O–H groups in total. The van der Waals surface area contributed by atoms with Crippen LogP contribution >= 0.6 is 11.6 Å². The van der Waals surface area contributed by atoms with E-state index in [4.69, 9.17) is 20.8 Å². The zero-order chi connectivity index (χ0) is 21.3. The third-order valence-corrected chi connectivity index (χ3v) is 6.02. The Kier molecular flexibility index (Phi) is 5.72. The summed E-state index contributed by atoms with van der Waals surface area (Å²) < 4.78 is 12.8. The van der Waals surface area contributed by atoms with Gasteiger partial charge < -0.3 is 19.0 Å². The van der Waals surface area contributed by atoms with E-state index in [-0.39, 0.29) is 5.91 Å². The Morgan fingerprint density at radius 1 is 1.10 bits per heavy atom. The molecule has 0 unspecified atom stereocenters. The van der Waals surface area contributed by atoms with Gasteiger partial charge in [-0.3, -0.25) is 9.48 Å². The largest absolute Gasteiger partial charge is 0.497 e. The van der Waals surface area contributed by atoms with Crippen molar-refractivity contribution in [3.63, 3.8) is 0 Å². The number of rotatable bonds is 5. The van der Waals surface area contributed by atoms with Crippen LogP contribution in [0, 0.1) is 13.8 Å². The van der Waals surface area contributed by atoms with Crippen LogP contribution in [0.1, 0.15) is 27.7 Å². The SMILES string of the molecule is COc1ccc(N2CCN(C(=O)c3ccc(Cn4nc(C)c(Cl)c4C)o3)CC2)cc1. The molecule has 158 valence electrons. The number of halogens is 1. The van der Waals surface area contributed by atoms with Crippen molar-refractivity contribution in [2.24, 2.45) is 0 Å². The van der Waals surface area contributed by atoms with Crippen molar-refractivity contribution < 1.29 is 13.9 Å². The molecule has 3 heterocycles. The summed E-state index contributed by atoms with van der Waals surface area (Å²) in [7, 11) is 1.66. The van der Waals surface area contributed by atoms with Gasteiger partial charge in [0.2, 0.25) is 0 Å². The zero-order valence-electron chi connectivity index (χ0n) is 17.4. The Morgan fingerprint density at radius 3 is 2.40 bits per heavy atom. The molecular formula is C22H25ClN4O3. The summed E-state index contributed by atoms with van der Waals surface area (Å²) in [6, 6.07) is 11.5. The number of ether oxygens (including phenoxy) is 1. The van der Waals surface area contributed by atoms with E-state index in [1.165, 1.54) is 0 Å².